The number of ether oxygens (including phenoxy) is 4. The first kappa shape index (κ1) is 27.6. The van der Waals surface area contributed by atoms with E-state index in [9.17, 15) is 19.5 Å². The smallest absolute Gasteiger partial charge is 0.416 e. The first-order valence-electron chi connectivity index (χ1n) is 12.1. The molecule has 0 saturated carbocycles. The molecule has 38 heavy (non-hydrogen) atoms. The molecule has 0 spiro atoms. The second kappa shape index (κ2) is 11.5. The Bertz CT molecular complexity index is 1180. The minimum absolute atomic E-state index is 0.282. The normalized spacial score (nSPS) is 24.6. The zero-order chi connectivity index (χ0) is 27.4. The molecule has 2 aromatic carbocycles. The predicted molar refractivity (Wildman–Crippen MR) is 140 cm³/mol. The van der Waals surface area contributed by atoms with Gasteiger partial charge in [0.15, 0.2) is 11.3 Å². The standard InChI is InChI=1S/C27H30N2O8S/c1-27(2,3)37-26(33)29(4)25-28-19-21(36-23(32)17-13-9-6-10-14-17)20(30)18(35-24(19)38-25)15-34-22(31)16-11-7-5-8-12-16/h5-14,18-21,24,30H,15H2,1-4H3/t18-,19-,20-,21+,24-/m1/s1. The number of hydrogen-bond acceptors (Lipinski definition) is 10. The molecule has 10 nitrogen and oxygen atoms in total. The monoisotopic (exact) mass is 542 g/mol. The van der Waals surface area contributed by atoms with Gasteiger partial charge in [-0.15, -0.1) is 0 Å². The molecule has 0 aliphatic carbocycles. The van der Waals surface area contributed by atoms with E-state index in [0.29, 0.717) is 11.1 Å². The zero-order valence-corrected chi connectivity index (χ0v) is 22.3. The summed E-state index contributed by atoms with van der Waals surface area (Å²) in [6.45, 7) is 4.97. The number of carbonyl (C=O) groups excluding carboxylic acids is 3. The molecule has 2 aliphatic rings. The van der Waals surface area contributed by atoms with Crippen molar-refractivity contribution in [1.82, 2.24) is 4.90 Å². The molecule has 202 valence electrons. The van der Waals surface area contributed by atoms with E-state index in [0.717, 1.165) is 11.8 Å². The number of esters is 2. The van der Waals surface area contributed by atoms with Crippen LogP contribution in [-0.2, 0) is 18.9 Å². The molecule has 0 radical (unpaired) electrons. The molecule has 2 aromatic rings. The molecule has 11 heteroatoms. The predicted octanol–water partition coefficient (Wildman–Crippen LogP) is 3.49. The molecule has 5 atom stereocenters. The Morgan fingerprint density at radius 2 is 1.58 bits per heavy atom. The number of carbonyl (C=O) groups is 3. The van der Waals surface area contributed by atoms with E-state index in [1.54, 1.807) is 81.4 Å². The molecule has 1 fully saturated rings. The molecular formula is C27H30N2O8S. The molecule has 0 bridgehead atoms. The topological polar surface area (TPSA) is 124 Å². The van der Waals surface area contributed by atoms with Crippen molar-refractivity contribution in [3.63, 3.8) is 0 Å². The van der Waals surface area contributed by atoms with Crippen molar-refractivity contribution < 1.29 is 38.4 Å². The van der Waals surface area contributed by atoms with Crippen molar-refractivity contribution in [2.24, 2.45) is 4.99 Å². The first-order valence-corrected chi connectivity index (χ1v) is 12.9. The Kier molecular flexibility index (Phi) is 8.39. The van der Waals surface area contributed by atoms with Crippen LogP contribution in [0.25, 0.3) is 0 Å². The van der Waals surface area contributed by atoms with Crippen molar-refractivity contribution in [2.45, 2.75) is 56.2 Å². The minimum atomic E-state index is -1.36. The minimum Gasteiger partial charge on any atom is -0.459 e. The fourth-order valence-electron chi connectivity index (χ4n) is 3.83. The molecule has 1 saturated heterocycles. The first-order chi connectivity index (χ1) is 18.0. The number of hydrogen-bond donors (Lipinski definition) is 1. The number of thioether (sulfide) groups is 1. The lowest BCUT2D eigenvalue weighted by Crippen LogP contribution is -2.57. The van der Waals surface area contributed by atoms with E-state index in [1.807, 2.05) is 0 Å². The Balaban J connectivity index is 1.53. The number of aliphatic hydroxyl groups excluding tert-OH is 1. The molecule has 4 rings (SSSR count). The van der Waals surface area contributed by atoms with Crippen LogP contribution in [0.1, 0.15) is 41.5 Å². The SMILES string of the molecule is CN(C(=O)OC(C)(C)C)C1=N[C@@H]2[C@H](OC(=O)c3ccccc3)[C@H](O)[C@@H](COC(=O)c3ccccc3)O[C@@H]2S1. The van der Waals surface area contributed by atoms with Gasteiger partial charge in [0.1, 0.15) is 35.9 Å². The third kappa shape index (κ3) is 6.53. The molecular weight excluding hydrogens is 512 g/mol. The highest BCUT2D eigenvalue weighted by atomic mass is 32.2. The quantitative estimate of drug-likeness (QED) is 0.447. The van der Waals surface area contributed by atoms with Gasteiger partial charge in [-0.2, -0.15) is 0 Å². The van der Waals surface area contributed by atoms with Crippen LogP contribution in [0.5, 0.6) is 0 Å². The Labute approximate surface area is 224 Å². The maximum atomic E-state index is 12.9. The van der Waals surface area contributed by atoms with Gasteiger partial charge in [-0.3, -0.25) is 9.89 Å². The number of rotatable bonds is 5. The van der Waals surface area contributed by atoms with Crippen LogP contribution < -0.4 is 0 Å². The van der Waals surface area contributed by atoms with E-state index in [-0.39, 0.29) is 11.8 Å². The summed E-state index contributed by atoms with van der Waals surface area (Å²) in [5, 5.41) is 11.4. The summed E-state index contributed by atoms with van der Waals surface area (Å²) in [4.78, 5) is 43.8. The summed E-state index contributed by atoms with van der Waals surface area (Å²) in [6.07, 6.45) is -4.11. The maximum absolute atomic E-state index is 12.9. The maximum Gasteiger partial charge on any atom is 0.416 e. The van der Waals surface area contributed by atoms with Crippen LogP contribution >= 0.6 is 11.8 Å². The van der Waals surface area contributed by atoms with Gasteiger partial charge in [-0.1, -0.05) is 48.2 Å². The zero-order valence-electron chi connectivity index (χ0n) is 21.5. The highest BCUT2D eigenvalue weighted by Gasteiger charge is 2.52. The van der Waals surface area contributed by atoms with E-state index in [4.69, 9.17) is 18.9 Å². The largest absolute Gasteiger partial charge is 0.459 e. The average Bonchev–Trinajstić information content (AvgIpc) is 3.32. The van der Waals surface area contributed by atoms with Crippen LogP contribution in [0.3, 0.4) is 0 Å². The molecule has 2 aliphatic heterocycles. The Morgan fingerprint density at radius 1 is 1.00 bits per heavy atom. The average molecular weight is 543 g/mol. The van der Waals surface area contributed by atoms with Gasteiger partial charge in [0.05, 0.1) is 11.1 Å². The van der Waals surface area contributed by atoms with Crippen molar-refractivity contribution in [3.05, 3.63) is 71.8 Å². The summed E-state index contributed by atoms with van der Waals surface area (Å²) < 4.78 is 22.6. The number of aliphatic imine (C=N–C) groups is 1. The molecule has 0 unspecified atom stereocenters. The lowest BCUT2D eigenvalue weighted by atomic mass is 9.98. The van der Waals surface area contributed by atoms with Crippen LogP contribution in [-0.4, -0.2) is 82.3 Å². The third-order valence-corrected chi connectivity index (χ3v) is 6.93. The summed E-state index contributed by atoms with van der Waals surface area (Å²) in [7, 11) is 1.51. The van der Waals surface area contributed by atoms with E-state index < -0.39 is 53.4 Å². The number of benzene rings is 2. The summed E-state index contributed by atoms with van der Waals surface area (Å²) in [5.41, 5.74) is -0.777. The molecule has 1 N–H and O–H groups in total. The van der Waals surface area contributed by atoms with Gasteiger partial charge in [-0.05, 0) is 45.0 Å². The molecule has 0 aromatic heterocycles. The highest BCUT2D eigenvalue weighted by molar-refractivity contribution is 8.14. The van der Waals surface area contributed by atoms with E-state index in [1.165, 1.54) is 11.9 Å². The van der Waals surface area contributed by atoms with Crippen molar-refractivity contribution >= 4 is 35.0 Å². The van der Waals surface area contributed by atoms with Crippen LogP contribution in [0.4, 0.5) is 4.79 Å². The summed E-state index contributed by atoms with van der Waals surface area (Å²) in [5.74, 6) is -1.23. The second-order valence-corrected chi connectivity index (χ2v) is 10.9. The van der Waals surface area contributed by atoms with Gasteiger partial charge < -0.3 is 24.1 Å². The number of amidine groups is 1. The fourth-order valence-corrected chi connectivity index (χ4v) is 5.00. The number of aliphatic hydroxyl groups is 1. The van der Waals surface area contributed by atoms with Gasteiger partial charge in [0, 0.05) is 7.05 Å². The van der Waals surface area contributed by atoms with Crippen molar-refractivity contribution in [3.8, 4) is 0 Å². The van der Waals surface area contributed by atoms with E-state index in [2.05, 4.69) is 4.99 Å². The second-order valence-electron chi connectivity index (χ2n) is 9.79. The Morgan fingerprint density at radius 3 is 2.16 bits per heavy atom. The van der Waals surface area contributed by atoms with Crippen molar-refractivity contribution in [1.29, 1.82) is 0 Å². The molecule has 2 heterocycles. The molecule has 1 amide bonds. The van der Waals surface area contributed by atoms with Gasteiger partial charge in [0.25, 0.3) is 0 Å². The lowest BCUT2D eigenvalue weighted by Gasteiger charge is -2.39. The van der Waals surface area contributed by atoms with Gasteiger partial charge in [-0.25, -0.2) is 14.4 Å². The highest BCUT2D eigenvalue weighted by Crippen LogP contribution is 2.39. The summed E-state index contributed by atoms with van der Waals surface area (Å²) >= 11 is 1.13. The number of amides is 1. The lowest BCUT2D eigenvalue weighted by molar-refractivity contribution is -0.166. The fraction of sp³-hybridized carbons (Fsp3) is 0.407. The number of nitrogens with zero attached hydrogens (tertiary/aromatic N) is 2. The van der Waals surface area contributed by atoms with Gasteiger partial charge in [0.2, 0.25) is 0 Å². The summed E-state index contributed by atoms with van der Waals surface area (Å²) in [6, 6.07) is 16.0. The van der Waals surface area contributed by atoms with Crippen LogP contribution in [0, 0.1) is 0 Å². The van der Waals surface area contributed by atoms with E-state index >= 15 is 0 Å². The van der Waals surface area contributed by atoms with Crippen LogP contribution in [0.15, 0.2) is 65.7 Å². The van der Waals surface area contributed by atoms with Crippen LogP contribution in [0.2, 0.25) is 0 Å². The third-order valence-electron chi connectivity index (χ3n) is 5.72. The van der Waals surface area contributed by atoms with Crippen molar-refractivity contribution in [2.75, 3.05) is 13.7 Å². The number of fused-ring (bicyclic) bond motifs is 1. The Hall–Kier alpha value is -3.41. The van der Waals surface area contributed by atoms with Gasteiger partial charge >= 0.3 is 18.0 Å².